The summed E-state index contributed by atoms with van der Waals surface area (Å²) in [6, 6.07) is 7.31. The molecule has 0 bridgehead atoms. The molecule has 0 fully saturated rings. The van der Waals surface area contributed by atoms with Gasteiger partial charge in [0.05, 0.1) is 12.8 Å². The molecule has 1 aromatic carbocycles. The van der Waals surface area contributed by atoms with E-state index in [4.69, 9.17) is 4.74 Å². The van der Waals surface area contributed by atoms with Crippen LogP contribution in [0.5, 0.6) is 5.75 Å². The lowest BCUT2D eigenvalue weighted by atomic mass is 10.2. The number of benzene rings is 1. The Morgan fingerprint density at radius 3 is 2.76 bits per heavy atom. The normalized spacial score (nSPS) is 11.7. The van der Waals surface area contributed by atoms with Crippen molar-refractivity contribution in [1.29, 1.82) is 0 Å². The van der Waals surface area contributed by atoms with Gasteiger partial charge in [-0.1, -0.05) is 25.5 Å². The molecule has 0 heterocycles. The highest BCUT2D eigenvalue weighted by molar-refractivity contribution is 5.91. The standard InChI is InChI=1S/C13H20N2O2/c1-4-7-10(2)14-13(16)15-11-8-5-6-9-12(11)17-3/h5-6,8-10H,4,7H2,1-3H3,(H2,14,15,16)/t10-/m1/s1. The summed E-state index contributed by atoms with van der Waals surface area (Å²) < 4.78 is 5.16. The summed E-state index contributed by atoms with van der Waals surface area (Å²) in [7, 11) is 1.58. The van der Waals surface area contributed by atoms with Crippen LogP contribution in [-0.4, -0.2) is 19.2 Å². The molecule has 0 spiro atoms. The van der Waals surface area contributed by atoms with Crippen LogP contribution in [0.25, 0.3) is 0 Å². The summed E-state index contributed by atoms with van der Waals surface area (Å²) in [6.45, 7) is 4.08. The van der Waals surface area contributed by atoms with E-state index in [2.05, 4.69) is 17.6 Å². The van der Waals surface area contributed by atoms with E-state index < -0.39 is 0 Å². The van der Waals surface area contributed by atoms with Crippen LogP contribution in [0.3, 0.4) is 0 Å². The third kappa shape index (κ3) is 4.34. The molecule has 0 radical (unpaired) electrons. The van der Waals surface area contributed by atoms with E-state index in [1.54, 1.807) is 7.11 Å². The molecule has 0 aliphatic heterocycles. The second-order valence-corrected chi connectivity index (χ2v) is 3.99. The van der Waals surface area contributed by atoms with Crippen LogP contribution in [0, 0.1) is 0 Å². The molecule has 4 nitrogen and oxygen atoms in total. The predicted octanol–water partition coefficient (Wildman–Crippen LogP) is 3.01. The van der Waals surface area contributed by atoms with Crippen LogP contribution in [0.2, 0.25) is 0 Å². The fourth-order valence-corrected chi connectivity index (χ4v) is 1.64. The summed E-state index contributed by atoms with van der Waals surface area (Å²) in [5.41, 5.74) is 0.677. The van der Waals surface area contributed by atoms with E-state index in [1.807, 2.05) is 31.2 Å². The quantitative estimate of drug-likeness (QED) is 0.825. The second kappa shape index (κ2) is 6.78. The van der Waals surface area contributed by atoms with Gasteiger partial charge in [-0.2, -0.15) is 0 Å². The Bertz CT molecular complexity index is 366. The zero-order chi connectivity index (χ0) is 12.7. The lowest BCUT2D eigenvalue weighted by Crippen LogP contribution is -2.36. The number of ether oxygens (including phenoxy) is 1. The predicted molar refractivity (Wildman–Crippen MR) is 69.5 cm³/mol. The molecule has 1 rings (SSSR count). The summed E-state index contributed by atoms with van der Waals surface area (Å²) in [6.07, 6.45) is 2.02. The molecule has 0 aromatic heterocycles. The minimum Gasteiger partial charge on any atom is -0.495 e. The molecule has 0 saturated heterocycles. The third-order valence-electron chi connectivity index (χ3n) is 2.45. The molecule has 0 aliphatic carbocycles. The highest BCUT2D eigenvalue weighted by Gasteiger charge is 2.08. The number of methoxy groups -OCH3 is 1. The first-order valence-electron chi connectivity index (χ1n) is 5.88. The van der Waals surface area contributed by atoms with Crippen LogP contribution < -0.4 is 15.4 Å². The van der Waals surface area contributed by atoms with Crippen molar-refractivity contribution in [3.05, 3.63) is 24.3 Å². The van der Waals surface area contributed by atoms with Crippen molar-refractivity contribution in [3.8, 4) is 5.75 Å². The summed E-state index contributed by atoms with van der Waals surface area (Å²) >= 11 is 0. The van der Waals surface area contributed by atoms with Crippen LogP contribution in [0.1, 0.15) is 26.7 Å². The molecule has 0 aliphatic rings. The van der Waals surface area contributed by atoms with Gasteiger partial charge in [0.1, 0.15) is 5.75 Å². The smallest absolute Gasteiger partial charge is 0.319 e. The molecule has 4 heteroatoms. The molecule has 2 N–H and O–H groups in total. The highest BCUT2D eigenvalue weighted by atomic mass is 16.5. The van der Waals surface area contributed by atoms with Gasteiger partial charge in [0, 0.05) is 6.04 Å². The average Bonchev–Trinajstić information content (AvgIpc) is 2.29. The lowest BCUT2D eigenvalue weighted by Gasteiger charge is -2.15. The van der Waals surface area contributed by atoms with Gasteiger partial charge in [-0.25, -0.2) is 4.79 Å². The summed E-state index contributed by atoms with van der Waals surface area (Å²) in [5.74, 6) is 0.658. The number of para-hydroxylation sites is 2. The van der Waals surface area contributed by atoms with Gasteiger partial charge in [0.25, 0.3) is 0 Å². The number of amides is 2. The van der Waals surface area contributed by atoms with Crippen LogP contribution in [0.4, 0.5) is 10.5 Å². The molecular weight excluding hydrogens is 216 g/mol. The van der Waals surface area contributed by atoms with E-state index >= 15 is 0 Å². The van der Waals surface area contributed by atoms with Crippen molar-refractivity contribution >= 4 is 11.7 Å². The summed E-state index contributed by atoms with van der Waals surface area (Å²) in [5, 5.41) is 5.65. The molecular formula is C13H20N2O2. The summed E-state index contributed by atoms with van der Waals surface area (Å²) in [4.78, 5) is 11.7. The fourth-order valence-electron chi connectivity index (χ4n) is 1.64. The first-order valence-corrected chi connectivity index (χ1v) is 5.88. The zero-order valence-corrected chi connectivity index (χ0v) is 10.6. The van der Waals surface area contributed by atoms with Crippen molar-refractivity contribution < 1.29 is 9.53 Å². The number of urea groups is 1. The molecule has 0 saturated carbocycles. The van der Waals surface area contributed by atoms with Gasteiger partial charge in [-0.15, -0.1) is 0 Å². The number of hydrogen-bond donors (Lipinski definition) is 2. The Balaban J connectivity index is 2.55. The molecule has 94 valence electrons. The molecule has 17 heavy (non-hydrogen) atoms. The monoisotopic (exact) mass is 236 g/mol. The highest BCUT2D eigenvalue weighted by Crippen LogP contribution is 2.22. The molecule has 1 atom stereocenters. The SMILES string of the molecule is CCC[C@@H](C)NC(=O)Nc1ccccc1OC. The van der Waals surface area contributed by atoms with E-state index in [1.165, 1.54) is 0 Å². The van der Waals surface area contributed by atoms with Crippen LogP contribution in [-0.2, 0) is 0 Å². The largest absolute Gasteiger partial charge is 0.495 e. The van der Waals surface area contributed by atoms with Crippen molar-refractivity contribution in [1.82, 2.24) is 5.32 Å². The first kappa shape index (κ1) is 13.4. The van der Waals surface area contributed by atoms with Gasteiger partial charge in [0.15, 0.2) is 0 Å². The number of carbonyl (C=O) groups excluding carboxylic acids is 1. The second-order valence-electron chi connectivity index (χ2n) is 3.99. The lowest BCUT2D eigenvalue weighted by molar-refractivity contribution is 0.248. The Labute approximate surface area is 102 Å². The zero-order valence-electron chi connectivity index (χ0n) is 10.6. The minimum absolute atomic E-state index is 0.176. The Kier molecular flexibility index (Phi) is 5.33. The van der Waals surface area contributed by atoms with Gasteiger partial charge in [0.2, 0.25) is 0 Å². The number of hydrogen-bond acceptors (Lipinski definition) is 2. The average molecular weight is 236 g/mol. The molecule has 0 unspecified atom stereocenters. The Morgan fingerprint density at radius 2 is 2.12 bits per heavy atom. The van der Waals surface area contributed by atoms with E-state index in [-0.39, 0.29) is 12.1 Å². The van der Waals surface area contributed by atoms with Crippen molar-refractivity contribution in [2.24, 2.45) is 0 Å². The molecule has 1 aromatic rings. The number of rotatable bonds is 5. The van der Waals surface area contributed by atoms with Crippen molar-refractivity contribution in [3.63, 3.8) is 0 Å². The minimum atomic E-state index is -0.199. The first-order chi connectivity index (χ1) is 8.17. The van der Waals surface area contributed by atoms with Gasteiger partial charge in [-0.3, -0.25) is 0 Å². The maximum atomic E-state index is 11.7. The van der Waals surface area contributed by atoms with E-state index in [0.29, 0.717) is 11.4 Å². The van der Waals surface area contributed by atoms with E-state index in [9.17, 15) is 4.79 Å². The van der Waals surface area contributed by atoms with Crippen molar-refractivity contribution in [2.45, 2.75) is 32.7 Å². The van der Waals surface area contributed by atoms with Crippen molar-refractivity contribution in [2.75, 3.05) is 12.4 Å². The maximum absolute atomic E-state index is 11.7. The van der Waals surface area contributed by atoms with Gasteiger partial charge < -0.3 is 15.4 Å². The van der Waals surface area contributed by atoms with E-state index in [0.717, 1.165) is 12.8 Å². The number of anilines is 1. The topological polar surface area (TPSA) is 50.4 Å². The fraction of sp³-hybridized carbons (Fsp3) is 0.462. The number of carbonyl (C=O) groups is 1. The van der Waals surface area contributed by atoms with Crippen LogP contribution in [0.15, 0.2) is 24.3 Å². The molecule has 2 amide bonds. The number of nitrogens with one attached hydrogen (secondary N) is 2. The van der Waals surface area contributed by atoms with Gasteiger partial charge in [-0.05, 0) is 25.5 Å². The maximum Gasteiger partial charge on any atom is 0.319 e. The van der Waals surface area contributed by atoms with Gasteiger partial charge >= 0.3 is 6.03 Å². The van der Waals surface area contributed by atoms with Crippen LogP contribution >= 0.6 is 0 Å². The third-order valence-corrected chi connectivity index (χ3v) is 2.45. The Hall–Kier alpha value is -1.71. The Morgan fingerprint density at radius 1 is 1.41 bits per heavy atom.